The number of benzene rings is 1. The van der Waals surface area contributed by atoms with Crippen LogP contribution < -0.4 is 11.1 Å². The zero-order chi connectivity index (χ0) is 11.5. The monoisotopic (exact) mass is 220 g/mol. The molecule has 0 radical (unpaired) electrons. The van der Waals surface area contributed by atoms with Gasteiger partial charge in [-0.2, -0.15) is 0 Å². The maximum absolute atomic E-state index is 11.7. The number of carbonyl (C=O) groups excluding carboxylic acids is 1. The molecule has 4 heteroatoms. The largest absolute Gasteiger partial charge is 0.505 e. The van der Waals surface area contributed by atoms with Crippen LogP contribution in [0.2, 0.25) is 0 Å². The van der Waals surface area contributed by atoms with Gasteiger partial charge in [-0.25, -0.2) is 0 Å². The van der Waals surface area contributed by atoms with Crippen molar-refractivity contribution in [2.75, 3.05) is 12.3 Å². The number of aromatic hydroxyl groups is 1. The van der Waals surface area contributed by atoms with E-state index in [1.807, 2.05) is 0 Å². The lowest BCUT2D eigenvalue weighted by molar-refractivity contribution is 0.0950. The number of hydrogen-bond acceptors (Lipinski definition) is 3. The maximum atomic E-state index is 11.7. The van der Waals surface area contributed by atoms with E-state index in [9.17, 15) is 9.90 Å². The van der Waals surface area contributed by atoms with Crippen LogP contribution in [0.3, 0.4) is 0 Å². The molecular formula is C12H16N2O2. The van der Waals surface area contributed by atoms with Crippen LogP contribution in [0, 0.1) is 5.92 Å². The zero-order valence-corrected chi connectivity index (χ0v) is 9.07. The minimum atomic E-state index is -0.259. The summed E-state index contributed by atoms with van der Waals surface area (Å²) in [7, 11) is 0. The molecule has 0 aromatic heterocycles. The number of phenolic OH excluding ortho intramolecular Hbond substituents is 1. The molecule has 16 heavy (non-hydrogen) atoms. The van der Waals surface area contributed by atoms with Crippen molar-refractivity contribution < 1.29 is 9.90 Å². The van der Waals surface area contributed by atoms with E-state index < -0.39 is 0 Å². The van der Waals surface area contributed by atoms with E-state index in [2.05, 4.69) is 5.32 Å². The van der Waals surface area contributed by atoms with Crippen molar-refractivity contribution in [3.63, 3.8) is 0 Å². The molecule has 0 spiro atoms. The molecule has 0 heterocycles. The van der Waals surface area contributed by atoms with Gasteiger partial charge in [0.2, 0.25) is 0 Å². The van der Waals surface area contributed by atoms with Crippen LogP contribution in [-0.4, -0.2) is 17.6 Å². The Labute approximate surface area is 94.5 Å². The molecule has 4 nitrogen and oxygen atoms in total. The molecule has 1 amide bonds. The van der Waals surface area contributed by atoms with Crippen molar-refractivity contribution in [3.05, 3.63) is 23.8 Å². The SMILES string of the molecule is Nc1cccc(C(=O)NCCC2CC2)c1O. The molecule has 1 aromatic carbocycles. The molecule has 0 bridgehead atoms. The molecule has 0 aliphatic heterocycles. The molecule has 86 valence electrons. The number of phenols is 1. The Bertz CT molecular complexity index is 400. The van der Waals surface area contributed by atoms with Gasteiger partial charge in [0.1, 0.15) is 0 Å². The van der Waals surface area contributed by atoms with E-state index >= 15 is 0 Å². The molecule has 1 aromatic rings. The zero-order valence-electron chi connectivity index (χ0n) is 9.07. The Hall–Kier alpha value is -1.71. The third-order valence-electron chi connectivity index (χ3n) is 2.85. The van der Waals surface area contributed by atoms with Gasteiger partial charge in [0.25, 0.3) is 5.91 Å². The van der Waals surface area contributed by atoms with Crippen LogP contribution in [0.15, 0.2) is 18.2 Å². The Morgan fingerprint density at radius 2 is 2.25 bits per heavy atom. The molecule has 0 unspecified atom stereocenters. The minimum absolute atomic E-state index is 0.133. The lowest BCUT2D eigenvalue weighted by atomic mass is 10.1. The first-order valence-electron chi connectivity index (χ1n) is 5.54. The van der Waals surface area contributed by atoms with Gasteiger partial charge in [-0.1, -0.05) is 18.9 Å². The van der Waals surface area contributed by atoms with Crippen LogP contribution >= 0.6 is 0 Å². The van der Waals surface area contributed by atoms with E-state index in [0.29, 0.717) is 6.54 Å². The minimum Gasteiger partial charge on any atom is -0.505 e. The molecule has 0 saturated heterocycles. The quantitative estimate of drug-likeness (QED) is 0.531. The molecule has 1 fully saturated rings. The molecule has 1 aliphatic rings. The maximum Gasteiger partial charge on any atom is 0.255 e. The highest BCUT2D eigenvalue weighted by atomic mass is 16.3. The Morgan fingerprint density at radius 1 is 1.50 bits per heavy atom. The fourth-order valence-corrected chi connectivity index (χ4v) is 1.64. The first kappa shape index (κ1) is 10.8. The Morgan fingerprint density at radius 3 is 2.94 bits per heavy atom. The normalized spacial score (nSPS) is 14.8. The lowest BCUT2D eigenvalue weighted by Crippen LogP contribution is -2.24. The highest BCUT2D eigenvalue weighted by Crippen LogP contribution is 2.31. The molecule has 0 atom stereocenters. The van der Waals surface area contributed by atoms with Gasteiger partial charge in [-0.15, -0.1) is 0 Å². The van der Waals surface area contributed by atoms with Gasteiger partial charge in [-0.05, 0) is 24.5 Å². The number of nitrogens with one attached hydrogen (secondary N) is 1. The number of carbonyl (C=O) groups is 1. The Kier molecular flexibility index (Phi) is 2.99. The number of hydrogen-bond donors (Lipinski definition) is 3. The molecule has 1 aliphatic carbocycles. The van der Waals surface area contributed by atoms with Crippen molar-refractivity contribution >= 4 is 11.6 Å². The van der Waals surface area contributed by atoms with Crippen molar-refractivity contribution in [1.82, 2.24) is 5.32 Å². The average molecular weight is 220 g/mol. The van der Waals surface area contributed by atoms with E-state index in [1.165, 1.54) is 12.8 Å². The van der Waals surface area contributed by atoms with Crippen molar-refractivity contribution in [2.45, 2.75) is 19.3 Å². The van der Waals surface area contributed by atoms with E-state index in [-0.39, 0.29) is 22.9 Å². The molecule has 4 N–H and O–H groups in total. The van der Waals surface area contributed by atoms with Crippen LogP contribution in [0.4, 0.5) is 5.69 Å². The summed E-state index contributed by atoms with van der Waals surface area (Å²) in [6, 6.07) is 4.79. The van der Waals surface area contributed by atoms with Crippen molar-refractivity contribution in [3.8, 4) is 5.75 Å². The summed E-state index contributed by atoms with van der Waals surface area (Å²) in [5.41, 5.74) is 5.99. The summed E-state index contributed by atoms with van der Waals surface area (Å²) in [5, 5.41) is 12.4. The number of nitrogens with two attached hydrogens (primary N) is 1. The number of nitrogen functional groups attached to an aromatic ring is 1. The lowest BCUT2D eigenvalue weighted by Gasteiger charge is -2.07. The van der Waals surface area contributed by atoms with Gasteiger partial charge < -0.3 is 16.2 Å². The third-order valence-corrected chi connectivity index (χ3v) is 2.85. The fourth-order valence-electron chi connectivity index (χ4n) is 1.64. The van der Waals surface area contributed by atoms with E-state index in [4.69, 9.17) is 5.73 Å². The Balaban J connectivity index is 1.93. The summed E-state index contributed by atoms with van der Waals surface area (Å²) in [4.78, 5) is 11.7. The van der Waals surface area contributed by atoms with E-state index in [1.54, 1.807) is 18.2 Å². The topological polar surface area (TPSA) is 75.4 Å². The predicted octanol–water partition coefficient (Wildman–Crippen LogP) is 1.50. The number of amides is 1. The highest BCUT2D eigenvalue weighted by molar-refractivity contribution is 5.98. The summed E-state index contributed by atoms with van der Waals surface area (Å²) in [5.74, 6) is 0.395. The van der Waals surface area contributed by atoms with Crippen molar-refractivity contribution in [2.24, 2.45) is 5.92 Å². The van der Waals surface area contributed by atoms with Crippen LogP contribution in [0.25, 0.3) is 0 Å². The van der Waals surface area contributed by atoms with Crippen LogP contribution in [-0.2, 0) is 0 Å². The fraction of sp³-hybridized carbons (Fsp3) is 0.417. The second-order valence-electron chi connectivity index (χ2n) is 4.23. The second kappa shape index (κ2) is 4.43. The number of rotatable bonds is 4. The van der Waals surface area contributed by atoms with Gasteiger partial charge in [0.05, 0.1) is 11.3 Å². The van der Waals surface area contributed by atoms with E-state index in [0.717, 1.165) is 12.3 Å². The standard InChI is InChI=1S/C12H16N2O2/c13-10-3-1-2-9(11(10)15)12(16)14-7-6-8-4-5-8/h1-3,8,15H,4-7,13H2,(H,14,16). The summed E-state index contributed by atoms with van der Waals surface area (Å²) in [6.07, 6.45) is 3.58. The average Bonchev–Trinajstić information content (AvgIpc) is 3.06. The van der Waals surface area contributed by atoms with Gasteiger partial charge in [0.15, 0.2) is 5.75 Å². The van der Waals surface area contributed by atoms with Crippen LogP contribution in [0.5, 0.6) is 5.75 Å². The molecule has 2 rings (SSSR count). The second-order valence-corrected chi connectivity index (χ2v) is 4.23. The number of para-hydroxylation sites is 1. The summed E-state index contributed by atoms with van der Waals surface area (Å²) >= 11 is 0. The van der Waals surface area contributed by atoms with Gasteiger partial charge in [0, 0.05) is 6.54 Å². The first-order valence-corrected chi connectivity index (χ1v) is 5.54. The van der Waals surface area contributed by atoms with Gasteiger partial charge in [-0.3, -0.25) is 4.79 Å². The van der Waals surface area contributed by atoms with Gasteiger partial charge >= 0.3 is 0 Å². The predicted molar refractivity (Wildman–Crippen MR) is 62.2 cm³/mol. The summed E-state index contributed by atoms with van der Waals surface area (Å²) in [6.45, 7) is 0.664. The smallest absolute Gasteiger partial charge is 0.255 e. The molecular weight excluding hydrogens is 204 g/mol. The van der Waals surface area contributed by atoms with Crippen molar-refractivity contribution in [1.29, 1.82) is 0 Å². The molecule has 1 saturated carbocycles. The first-order chi connectivity index (χ1) is 7.68. The summed E-state index contributed by atoms with van der Waals surface area (Å²) < 4.78 is 0. The third kappa shape index (κ3) is 2.45. The van der Waals surface area contributed by atoms with Crippen LogP contribution in [0.1, 0.15) is 29.6 Å². The highest BCUT2D eigenvalue weighted by Gasteiger charge is 2.21. The number of anilines is 1.